The maximum absolute atomic E-state index is 12.8. The van der Waals surface area contributed by atoms with Crippen LogP contribution in [0.15, 0.2) is 10.9 Å². The summed E-state index contributed by atoms with van der Waals surface area (Å²) >= 11 is 0. The summed E-state index contributed by atoms with van der Waals surface area (Å²) in [6, 6.07) is 1.79. The van der Waals surface area contributed by atoms with Gasteiger partial charge in [0.1, 0.15) is 6.54 Å². The van der Waals surface area contributed by atoms with E-state index in [1.807, 2.05) is 7.05 Å². The van der Waals surface area contributed by atoms with Crippen LogP contribution in [-0.2, 0) is 20.9 Å². The van der Waals surface area contributed by atoms with Crippen molar-refractivity contribution in [1.82, 2.24) is 19.4 Å². The minimum atomic E-state index is -0.442. The minimum Gasteiger partial charge on any atom is -0.380 e. The Bertz CT molecular complexity index is 795. The first-order valence-electron chi connectivity index (χ1n) is 9.37. The van der Waals surface area contributed by atoms with E-state index in [1.165, 1.54) is 4.57 Å². The average molecular weight is 376 g/mol. The number of nitrogens with zero attached hydrogens (tertiary/aromatic N) is 4. The molecule has 1 atom stereocenters. The predicted molar refractivity (Wildman–Crippen MR) is 99.3 cm³/mol. The zero-order chi connectivity index (χ0) is 19.8. The van der Waals surface area contributed by atoms with Crippen LogP contribution in [0, 0.1) is 19.3 Å². The summed E-state index contributed by atoms with van der Waals surface area (Å²) in [5.74, 6) is 0.0401. The molecular weight excluding hydrogens is 348 g/mol. The number of likely N-dealkylation sites (N-methyl/N-ethyl adjacent to an activating group) is 1. The summed E-state index contributed by atoms with van der Waals surface area (Å²) in [5, 5.41) is 0. The molecule has 148 valence electrons. The highest BCUT2D eigenvalue weighted by atomic mass is 16.5. The van der Waals surface area contributed by atoms with Gasteiger partial charge >= 0.3 is 5.69 Å². The average Bonchev–Trinajstić information content (AvgIpc) is 2.62. The number of aryl methyl sites for hydroxylation is 2. The van der Waals surface area contributed by atoms with Gasteiger partial charge in [0.15, 0.2) is 0 Å². The molecule has 1 unspecified atom stereocenters. The number of hydrogen-bond acceptors (Lipinski definition) is 5. The molecule has 8 nitrogen and oxygen atoms in total. The van der Waals surface area contributed by atoms with Crippen molar-refractivity contribution in [2.75, 3.05) is 33.8 Å². The number of rotatable bonds is 3. The maximum atomic E-state index is 12.8. The Balaban J connectivity index is 1.68. The highest BCUT2D eigenvalue weighted by Gasteiger charge is 2.48. The van der Waals surface area contributed by atoms with Crippen LogP contribution in [0.4, 0.5) is 0 Å². The van der Waals surface area contributed by atoms with E-state index in [9.17, 15) is 14.4 Å². The molecule has 3 rings (SSSR count). The molecular formula is C19H28N4O4. The lowest BCUT2D eigenvalue weighted by Crippen LogP contribution is -2.57. The van der Waals surface area contributed by atoms with Gasteiger partial charge in [0.2, 0.25) is 11.8 Å². The van der Waals surface area contributed by atoms with Crippen LogP contribution >= 0.6 is 0 Å². The lowest BCUT2D eigenvalue weighted by atomic mass is 9.71. The van der Waals surface area contributed by atoms with Gasteiger partial charge in [0.25, 0.3) is 0 Å². The highest BCUT2D eigenvalue weighted by molar-refractivity contribution is 5.84. The molecule has 0 saturated carbocycles. The lowest BCUT2D eigenvalue weighted by molar-refractivity contribution is -0.158. The van der Waals surface area contributed by atoms with Crippen LogP contribution in [0.2, 0.25) is 0 Å². The van der Waals surface area contributed by atoms with Crippen LogP contribution in [0.25, 0.3) is 0 Å². The summed E-state index contributed by atoms with van der Waals surface area (Å²) < 4.78 is 6.91. The van der Waals surface area contributed by atoms with E-state index in [0.29, 0.717) is 44.6 Å². The van der Waals surface area contributed by atoms with Crippen molar-refractivity contribution in [3.63, 3.8) is 0 Å². The van der Waals surface area contributed by atoms with Crippen LogP contribution in [0.3, 0.4) is 0 Å². The number of likely N-dealkylation sites (tertiary alicyclic amines) is 2. The zero-order valence-electron chi connectivity index (χ0n) is 16.5. The number of methoxy groups -OCH3 is 1. The fourth-order valence-corrected chi connectivity index (χ4v) is 4.34. The molecule has 2 fully saturated rings. The number of ether oxygens (including phenoxy) is 1. The monoisotopic (exact) mass is 376 g/mol. The molecule has 0 radical (unpaired) electrons. The third kappa shape index (κ3) is 3.76. The van der Waals surface area contributed by atoms with Crippen LogP contribution in [0.5, 0.6) is 0 Å². The van der Waals surface area contributed by atoms with Gasteiger partial charge in [-0.1, -0.05) is 0 Å². The number of piperidine rings is 2. The number of amides is 2. The number of carbonyl (C=O) groups excluding carboxylic acids is 2. The van der Waals surface area contributed by atoms with E-state index in [4.69, 9.17) is 4.74 Å². The SMILES string of the molecule is COC1CN(C)C(=O)C2(CCN(C(=O)Cn3c(C)cc(C)nc3=O)CC2)C1. The van der Waals surface area contributed by atoms with E-state index in [-0.39, 0.29) is 24.5 Å². The smallest absolute Gasteiger partial charge is 0.348 e. The summed E-state index contributed by atoms with van der Waals surface area (Å²) in [4.78, 5) is 45.0. The van der Waals surface area contributed by atoms with E-state index in [0.717, 1.165) is 5.69 Å². The first-order chi connectivity index (χ1) is 12.8. The van der Waals surface area contributed by atoms with Gasteiger partial charge in [-0.05, 0) is 39.2 Å². The molecule has 2 aliphatic heterocycles. The molecule has 0 aromatic carbocycles. The lowest BCUT2D eigenvalue weighted by Gasteiger charge is -2.47. The molecule has 1 aromatic rings. The Morgan fingerprint density at radius 2 is 1.96 bits per heavy atom. The normalized spacial score (nSPS) is 22.4. The molecule has 3 heterocycles. The third-order valence-corrected chi connectivity index (χ3v) is 5.94. The second-order valence-corrected chi connectivity index (χ2v) is 7.82. The number of carbonyl (C=O) groups is 2. The van der Waals surface area contributed by atoms with Crippen LogP contribution in [-0.4, -0.2) is 71.1 Å². The molecule has 0 bridgehead atoms. The van der Waals surface area contributed by atoms with E-state index >= 15 is 0 Å². The fraction of sp³-hybridized carbons (Fsp3) is 0.684. The Hall–Kier alpha value is -2.22. The first-order valence-corrected chi connectivity index (χ1v) is 9.37. The van der Waals surface area contributed by atoms with Crippen molar-refractivity contribution in [3.05, 3.63) is 27.9 Å². The number of hydrogen-bond donors (Lipinski definition) is 0. The van der Waals surface area contributed by atoms with Crippen molar-refractivity contribution in [1.29, 1.82) is 0 Å². The molecule has 2 amide bonds. The van der Waals surface area contributed by atoms with Gasteiger partial charge in [-0.3, -0.25) is 14.2 Å². The van der Waals surface area contributed by atoms with Crippen molar-refractivity contribution in [3.8, 4) is 0 Å². The Kier molecular flexibility index (Phi) is 5.37. The van der Waals surface area contributed by atoms with Gasteiger partial charge in [0.05, 0.1) is 11.5 Å². The van der Waals surface area contributed by atoms with Gasteiger partial charge in [-0.2, -0.15) is 4.98 Å². The fourth-order valence-electron chi connectivity index (χ4n) is 4.34. The summed E-state index contributed by atoms with van der Waals surface area (Å²) in [7, 11) is 3.49. The van der Waals surface area contributed by atoms with Crippen molar-refractivity contribution in [2.24, 2.45) is 5.41 Å². The largest absolute Gasteiger partial charge is 0.380 e. The van der Waals surface area contributed by atoms with E-state index in [2.05, 4.69) is 4.98 Å². The maximum Gasteiger partial charge on any atom is 0.348 e. The van der Waals surface area contributed by atoms with Crippen molar-refractivity contribution in [2.45, 2.75) is 45.8 Å². The van der Waals surface area contributed by atoms with E-state index in [1.54, 1.807) is 36.8 Å². The standard InChI is InChI=1S/C19H28N4O4/c1-13-9-14(2)23(18(26)20-13)12-16(24)22-7-5-19(6-8-22)10-15(27-4)11-21(3)17(19)25/h9,15H,5-8,10-12H2,1-4H3. The van der Waals surface area contributed by atoms with Gasteiger partial charge in [-0.15, -0.1) is 0 Å². The Morgan fingerprint density at radius 3 is 2.56 bits per heavy atom. The van der Waals surface area contributed by atoms with Gasteiger partial charge < -0.3 is 14.5 Å². The van der Waals surface area contributed by atoms with E-state index < -0.39 is 11.1 Å². The Morgan fingerprint density at radius 1 is 1.30 bits per heavy atom. The second-order valence-electron chi connectivity index (χ2n) is 7.82. The molecule has 1 aromatic heterocycles. The highest BCUT2D eigenvalue weighted by Crippen LogP contribution is 2.41. The molecule has 2 aliphatic rings. The second kappa shape index (κ2) is 7.42. The molecule has 0 N–H and O–H groups in total. The topological polar surface area (TPSA) is 84.7 Å². The molecule has 2 saturated heterocycles. The summed E-state index contributed by atoms with van der Waals surface area (Å²) in [6.07, 6.45) is 1.99. The van der Waals surface area contributed by atoms with Gasteiger partial charge in [0, 0.05) is 45.2 Å². The number of aromatic nitrogens is 2. The molecule has 27 heavy (non-hydrogen) atoms. The quantitative estimate of drug-likeness (QED) is 0.760. The Labute approximate surface area is 159 Å². The third-order valence-electron chi connectivity index (χ3n) is 5.94. The van der Waals surface area contributed by atoms with Crippen LogP contribution < -0.4 is 5.69 Å². The first kappa shape index (κ1) is 19.5. The van der Waals surface area contributed by atoms with Crippen LogP contribution in [0.1, 0.15) is 30.7 Å². The van der Waals surface area contributed by atoms with Crippen molar-refractivity contribution >= 4 is 11.8 Å². The minimum absolute atomic E-state index is 0.0144. The molecule has 8 heteroatoms. The predicted octanol–water partition coefficient (Wildman–Crippen LogP) is 0.346. The molecule has 0 aliphatic carbocycles. The molecule has 1 spiro atoms. The van der Waals surface area contributed by atoms with Gasteiger partial charge in [-0.25, -0.2) is 4.79 Å². The van der Waals surface area contributed by atoms with Crippen molar-refractivity contribution < 1.29 is 14.3 Å². The summed E-state index contributed by atoms with van der Waals surface area (Å²) in [6.45, 7) is 5.19. The zero-order valence-corrected chi connectivity index (χ0v) is 16.5. The summed E-state index contributed by atoms with van der Waals surface area (Å²) in [5.41, 5.74) is 0.527.